The molecule has 1 aliphatic rings. The number of ether oxygens (including phenoxy) is 1. The molecule has 36 heavy (non-hydrogen) atoms. The van der Waals surface area contributed by atoms with Crippen molar-refractivity contribution in [1.29, 1.82) is 0 Å². The summed E-state index contributed by atoms with van der Waals surface area (Å²) in [7, 11) is 3.12. The second kappa shape index (κ2) is 8.80. The lowest BCUT2D eigenvalue weighted by Gasteiger charge is -2.33. The number of nitrogens with zero attached hydrogens (tertiary/aromatic N) is 7. The summed E-state index contributed by atoms with van der Waals surface area (Å²) in [5, 5.41) is 4.21. The van der Waals surface area contributed by atoms with E-state index in [1.807, 2.05) is 11.9 Å². The van der Waals surface area contributed by atoms with Gasteiger partial charge in [0.25, 0.3) is 12.4 Å². The van der Waals surface area contributed by atoms with Crippen LogP contribution in [0.2, 0.25) is 0 Å². The predicted molar refractivity (Wildman–Crippen MR) is 123 cm³/mol. The molecule has 0 radical (unpaired) electrons. The van der Waals surface area contributed by atoms with Gasteiger partial charge in [-0.2, -0.15) is 4.98 Å². The Kier molecular flexibility index (Phi) is 5.89. The molecule has 3 aromatic heterocycles. The first-order valence-electron chi connectivity index (χ1n) is 11.1. The molecule has 4 aromatic rings. The van der Waals surface area contributed by atoms with Gasteiger partial charge in [-0.05, 0) is 31.7 Å². The number of piperidine rings is 1. The Balaban J connectivity index is 1.65. The number of alkyl halides is 3. The summed E-state index contributed by atoms with van der Waals surface area (Å²) in [6.45, 7) is 1.49. The number of aromatic nitrogens is 5. The first-order chi connectivity index (χ1) is 17.1. The van der Waals surface area contributed by atoms with E-state index in [0.29, 0.717) is 13.0 Å². The number of hydrogen-bond donors (Lipinski definition) is 0. The fraction of sp³-hybridized carbons (Fsp3) is 0.391. The molecule has 1 aliphatic heterocycles. The molecule has 0 saturated carbocycles. The van der Waals surface area contributed by atoms with Crippen LogP contribution in [0.5, 0.6) is 5.88 Å². The predicted octanol–water partition coefficient (Wildman–Crippen LogP) is 4.43. The zero-order valence-corrected chi connectivity index (χ0v) is 19.6. The van der Waals surface area contributed by atoms with Gasteiger partial charge in [0.15, 0.2) is 17.3 Å². The SMILES string of the molecule is COc1nc(/N=C2\CCN(C)CC2(C)F)nn2cc(F)c(-c3cc(F)c4ncn(CC(F)F)c4c3)c12. The topological polar surface area (TPSA) is 72.8 Å². The van der Waals surface area contributed by atoms with Gasteiger partial charge in [0, 0.05) is 19.5 Å². The minimum absolute atomic E-state index is 0.0589. The highest BCUT2D eigenvalue weighted by atomic mass is 19.3. The molecule has 1 saturated heterocycles. The van der Waals surface area contributed by atoms with Crippen molar-refractivity contribution in [2.24, 2.45) is 4.99 Å². The Labute approximate surface area is 202 Å². The molecule has 0 bridgehead atoms. The number of fused-ring (bicyclic) bond motifs is 2. The number of halogens is 5. The molecular formula is C23H22F5N7O. The van der Waals surface area contributed by atoms with Crippen molar-refractivity contribution in [1.82, 2.24) is 29.0 Å². The molecule has 5 rings (SSSR count). The van der Waals surface area contributed by atoms with Gasteiger partial charge in [-0.25, -0.2) is 36.4 Å². The number of methoxy groups -OCH3 is 1. The minimum Gasteiger partial charge on any atom is -0.479 e. The van der Waals surface area contributed by atoms with E-state index < -0.39 is 30.3 Å². The lowest BCUT2D eigenvalue weighted by Crippen LogP contribution is -2.48. The average Bonchev–Trinajstić information content (AvgIpc) is 3.34. The van der Waals surface area contributed by atoms with Crippen molar-refractivity contribution < 1.29 is 26.7 Å². The molecule has 0 aliphatic carbocycles. The van der Waals surface area contributed by atoms with Gasteiger partial charge < -0.3 is 14.2 Å². The number of aliphatic imine (C=N–C) groups is 1. The molecule has 190 valence electrons. The van der Waals surface area contributed by atoms with E-state index in [0.717, 1.165) is 27.7 Å². The Hall–Kier alpha value is -3.61. The Bertz CT molecular complexity index is 1490. The first-order valence-corrected chi connectivity index (χ1v) is 11.1. The van der Waals surface area contributed by atoms with E-state index in [1.54, 1.807) is 0 Å². The molecule has 1 aromatic carbocycles. The van der Waals surface area contributed by atoms with Crippen LogP contribution in [-0.2, 0) is 6.54 Å². The minimum atomic E-state index is -2.69. The van der Waals surface area contributed by atoms with Crippen molar-refractivity contribution in [2.75, 3.05) is 27.2 Å². The lowest BCUT2D eigenvalue weighted by atomic mass is 9.94. The summed E-state index contributed by atoms with van der Waals surface area (Å²) in [6, 6.07) is 2.42. The van der Waals surface area contributed by atoms with Gasteiger partial charge in [-0.15, -0.1) is 5.10 Å². The average molecular weight is 507 g/mol. The van der Waals surface area contributed by atoms with Gasteiger partial charge in [0.2, 0.25) is 5.88 Å². The molecule has 4 heterocycles. The fourth-order valence-electron chi connectivity index (χ4n) is 4.56. The highest BCUT2D eigenvalue weighted by molar-refractivity contribution is 5.95. The van der Waals surface area contributed by atoms with E-state index in [1.165, 1.54) is 20.1 Å². The summed E-state index contributed by atoms with van der Waals surface area (Å²) in [5.41, 5.74) is -1.43. The van der Waals surface area contributed by atoms with Crippen molar-refractivity contribution in [3.63, 3.8) is 0 Å². The van der Waals surface area contributed by atoms with Crippen molar-refractivity contribution in [2.45, 2.75) is 32.0 Å². The Morgan fingerprint density at radius 3 is 2.69 bits per heavy atom. The normalized spacial score (nSPS) is 20.3. The standard InChI is InChI=1S/C23H22F5N7O/c1-23(28)10-33(2)5-4-16(23)30-22-31-21(36-3)20-18(14(25)8-35(20)32-22)12-6-13(24)19-15(7-12)34(11-29-19)9-17(26)27/h6-8,11,17H,4-5,9-10H2,1-3H3/b30-16+. The van der Waals surface area contributed by atoms with Crippen LogP contribution in [0.1, 0.15) is 13.3 Å². The summed E-state index contributed by atoms with van der Waals surface area (Å²) in [6.07, 6.45) is -0.176. The summed E-state index contributed by atoms with van der Waals surface area (Å²) >= 11 is 0. The monoisotopic (exact) mass is 507 g/mol. The van der Waals surface area contributed by atoms with Gasteiger partial charge in [-0.1, -0.05) is 0 Å². The summed E-state index contributed by atoms with van der Waals surface area (Å²) in [5.74, 6) is -1.78. The lowest BCUT2D eigenvalue weighted by molar-refractivity contribution is 0.128. The third kappa shape index (κ3) is 4.16. The molecule has 0 N–H and O–H groups in total. The molecular weight excluding hydrogens is 485 g/mol. The van der Waals surface area contributed by atoms with Crippen LogP contribution < -0.4 is 4.74 Å². The smallest absolute Gasteiger partial charge is 0.270 e. The molecule has 1 unspecified atom stereocenters. The van der Waals surface area contributed by atoms with Crippen molar-refractivity contribution in [3.8, 4) is 17.0 Å². The highest BCUT2D eigenvalue weighted by Gasteiger charge is 2.36. The zero-order valence-electron chi connectivity index (χ0n) is 19.6. The van der Waals surface area contributed by atoms with E-state index in [9.17, 15) is 13.2 Å². The number of benzene rings is 1. The van der Waals surface area contributed by atoms with Crippen LogP contribution in [0.3, 0.4) is 0 Å². The molecule has 13 heteroatoms. The second-order valence-corrected chi connectivity index (χ2v) is 8.92. The second-order valence-electron chi connectivity index (χ2n) is 8.92. The van der Waals surface area contributed by atoms with E-state index >= 15 is 8.78 Å². The summed E-state index contributed by atoms with van der Waals surface area (Å²) < 4.78 is 78.7. The molecule has 8 nitrogen and oxygen atoms in total. The first kappa shape index (κ1) is 24.1. The van der Waals surface area contributed by atoms with E-state index in [-0.39, 0.29) is 51.8 Å². The molecule has 1 fully saturated rings. The largest absolute Gasteiger partial charge is 0.479 e. The van der Waals surface area contributed by atoms with Crippen LogP contribution in [0.25, 0.3) is 27.7 Å². The van der Waals surface area contributed by atoms with Crippen LogP contribution in [-0.4, -0.2) is 74.1 Å². The van der Waals surface area contributed by atoms with Gasteiger partial charge in [0.1, 0.15) is 11.0 Å². The van der Waals surface area contributed by atoms with Gasteiger partial charge in [-0.3, -0.25) is 0 Å². The van der Waals surface area contributed by atoms with Crippen molar-refractivity contribution in [3.05, 3.63) is 36.3 Å². The van der Waals surface area contributed by atoms with E-state index in [2.05, 4.69) is 20.1 Å². The number of hydrogen-bond acceptors (Lipinski definition) is 6. The number of likely N-dealkylation sites (tertiary alicyclic amines) is 1. The van der Waals surface area contributed by atoms with E-state index in [4.69, 9.17) is 4.74 Å². The number of rotatable bonds is 5. The fourth-order valence-corrected chi connectivity index (χ4v) is 4.56. The van der Waals surface area contributed by atoms with Crippen LogP contribution >= 0.6 is 0 Å². The molecule has 0 spiro atoms. The van der Waals surface area contributed by atoms with Crippen LogP contribution in [0, 0.1) is 11.6 Å². The number of imidazole rings is 1. The maximum atomic E-state index is 15.2. The highest BCUT2D eigenvalue weighted by Crippen LogP contribution is 2.37. The third-order valence-electron chi connectivity index (χ3n) is 6.17. The third-order valence-corrected chi connectivity index (χ3v) is 6.17. The van der Waals surface area contributed by atoms with Crippen molar-refractivity contribution >= 4 is 28.2 Å². The molecule has 1 atom stereocenters. The quantitative estimate of drug-likeness (QED) is 0.374. The van der Waals surface area contributed by atoms with Crippen LogP contribution in [0.15, 0.2) is 29.6 Å². The molecule has 0 amide bonds. The van der Waals surface area contributed by atoms with Gasteiger partial charge >= 0.3 is 0 Å². The zero-order chi connectivity index (χ0) is 25.8. The maximum Gasteiger partial charge on any atom is 0.270 e. The summed E-state index contributed by atoms with van der Waals surface area (Å²) in [4.78, 5) is 14.2. The Morgan fingerprint density at radius 2 is 2.00 bits per heavy atom. The Morgan fingerprint density at radius 1 is 1.22 bits per heavy atom. The van der Waals surface area contributed by atoms with Crippen LogP contribution in [0.4, 0.5) is 27.9 Å². The maximum absolute atomic E-state index is 15.2. The van der Waals surface area contributed by atoms with Gasteiger partial charge in [0.05, 0.1) is 43.0 Å².